The van der Waals surface area contributed by atoms with Gasteiger partial charge in [-0.25, -0.2) is 4.98 Å². The van der Waals surface area contributed by atoms with Crippen LogP contribution in [-0.4, -0.2) is 35.0 Å². The van der Waals surface area contributed by atoms with Crippen LogP contribution in [0.15, 0.2) is 4.79 Å². The van der Waals surface area contributed by atoms with Crippen LogP contribution in [0.4, 0.5) is 0 Å². The number of H-pyrrole nitrogens is 1. The van der Waals surface area contributed by atoms with E-state index in [1.807, 2.05) is 13.8 Å². The molecule has 3 rings (SSSR count). The van der Waals surface area contributed by atoms with E-state index in [-0.39, 0.29) is 11.5 Å². The fraction of sp³-hybridized carbons (Fsp3) is 0.562. The van der Waals surface area contributed by atoms with E-state index >= 15 is 0 Å². The molecule has 1 saturated heterocycles. The van der Waals surface area contributed by atoms with Crippen LogP contribution < -0.4 is 16.2 Å². The van der Waals surface area contributed by atoms with E-state index in [0.29, 0.717) is 36.6 Å². The molecule has 0 radical (unpaired) electrons. The maximum Gasteiger partial charge on any atom is 0.259 e. The molecule has 2 aromatic heterocycles. The Morgan fingerprint density at radius 2 is 2.26 bits per heavy atom. The zero-order valence-corrected chi connectivity index (χ0v) is 14.3. The van der Waals surface area contributed by atoms with Gasteiger partial charge in [0.1, 0.15) is 10.7 Å². The summed E-state index contributed by atoms with van der Waals surface area (Å²) in [6.07, 6.45) is 3.07. The van der Waals surface area contributed by atoms with E-state index in [2.05, 4.69) is 20.6 Å². The maximum absolute atomic E-state index is 12.2. The van der Waals surface area contributed by atoms with Crippen LogP contribution in [0.25, 0.3) is 10.2 Å². The summed E-state index contributed by atoms with van der Waals surface area (Å²) in [6.45, 7) is 5.64. The number of nitrogens with one attached hydrogen (secondary N) is 3. The Labute approximate surface area is 138 Å². The van der Waals surface area contributed by atoms with Gasteiger partial charge < -0.3 is 15.6 Å². The standard InChI is InChI=1S/C16H22N4O2S/c1-9-10(2)23-16-14(9)15(22)19-12(20-16)5-6-13(21)18-8-11-4-3-7-17-11/h11,17H,3-8H2,1-2H3,(H,18,21)(H,19,20,22). The lowest BCUT2D eigenvalue weighted by atomic mass is 10.2. The van der Waals surface area contributed by atoms with Gasteiger partial charge in [-0.15, -0.1) is 11.3 Å². The van der Waals surface area contributed by atoms with Gasteiger partial charge in [-0.1, -0.05) is 0 Å². The zero-order valence-electron chi connectivity index (χ0n) is 13.5. The SMILES string of the molecule is Cc1sc2nc(CCC(=O)NCC3CCCN3)[nH]c(=O)c2c1C. The highest BCUT2D eigenvalue weighted by Crippen LogP contribution is 2.25. The Bertz CT molecular complexity index is 774. The number of rotatable bonds is 5. The molecule has 0 bridgehead atoms. The van der Waals surface area contributed by atoms with E-state index in [1.54, 1.807) is 0 Å². The molecule has 0 spiro atoms. The van der Waals surface area contributed by atoms with Gasteiger partial charge in [0.05, 0.1) is 5.39 Å². The second-order valence-electron chi connectivity index (χ2n) is 6.07. The lowest BCUT2D eigenvalue weighted by molar-refractivity contribution is -0.121. The molecule has 124 valence electrons. The van der Waals surface area contributed by atoms with Gasteiger partial charge in [0, 0.05) is 30.3 Å². The number of hydrogen-bond acceptors (Lipinski definition) is 5. The van der Waals surface area contributed by atoms with Gasteiger partial charge in [0.2, 0.25) is 5.91 Å². The third-order valence-electron chi connectivity index (χ3n) is 4.38. The number of aromatic nitrogens is 2. The van der Waals surface area contributed by atoms with E-state index in [0.717, 1.165) is 28.2 Å². The Morgan fingerprint density at radius 1 is 1.43 bits per heavy atom. The number of carbonyl (C=O) groups excluding carboxylic acids is 1. The van der Waals surface area contributed by atoms with E-state index in [9.17, 15) is 9.59 Å². The number of nitrogens with zero attached hydrogens (tertiary/aromatic N) is 1. The van der Waals surface area contributed by atoms with Gasteiger partial charge in [-0.05, 0) is 38.8 Å². The topological polar surface area (TPSA) is 86.9 Å². The van der Waals surface area contributed by atoms with Crippen LogP contribution >= 0.6 is 11.3 Å². The number of aryl methyl sites for hydroxylation is 3. The van der Waals surface area contributed by atoms with Crippen LogP contribution in [-0.2, 0) is 11.2 Å². The van der Waals surface area contributed by atoms with Crippen LogP contribution in [0.2, 0.25) is 0 Å². The molecule has 3 heterocycles. The lowest BCUT2D eigenvalue weighted by Gasteiger charge is -2.11. The molecule has 23 heavy (non-hydrogen) atoms. The predicted molar refractivity (Wildman–Crippen MR) is 92.1 cm³/mol. The average molecular weight is 334 g/mol. The molecule has 2 aromatic rings. The summed E-state index contributed by atoms with van der Waals surface area (Å²) in [7, 11) is 0. The molecule has 1 atom stereocenters. The minimum Gasteiger partial charge on any atom is -0.355 e. The second kappa shape index (κ2) is 6.80. The Morgan fingerprint density at radius 3 is 3.00 bits per heavy atom. The molecular formula is C16H22N4O2S. The number of fused-ring (bicyclic) bond motifs is 1. The zero-order chi connectivity index (χ0) is 16.4. The summed E-state index contributed by atoms with van der Waals surface area (Å²) in [6, 6.07) is 0.394. The van der Waals surface area contributed by atoms with Gasteiger partial charge in [-0.2, -0.15) is 0 Å². The minimum atomic E-state index is -0.109. The summed E-state index contributed by atoms with van der Waals surface area (Å²) in [5, 5.41) is 6.96. The first-order chi connectivity index (χ1) is 11.0. The largest absolute Gasteiger partial charge is 0.355 e. The van der Waals surface area contributed by atoms with Crippen molar-refractivity contribution >= 4 is 27.5 Å². The van der Waals surface area contributed by atoms with Crippen molar-refractivity contribution in [3.63, 3.8) is 0 Å². The van der Waals surface area contributed by atoms with Crippen molar-refractivity contribution in [2.24, 2.45) is 0 Å². The molecule has 0 aliphatic carbocycles. The number of amides is 1. The van der Waals surface area contributed by atoms with Crippen molar-refractivity contribution in [2.45, 2.75) is 45.6 Å². The average Bonchev–Trinajstić information content (AvgIpc) is 3.12. The monoisotopic (exact) mass is 334 g/mol. The van der Waals surface area contributed by atoms with E-state index in [4.69, 9.17) is 0 Å². The van der Waals surface area contributed by atoms with Crippen LogP contribution in [0.1, 0.15) is 35.5 Å². The Kier molecular flexibility index (Phi) is 4.77. The fourth-order valence-electron chi connectivity index (χ4n) is 2.91. The van der Waals surface area contributed by atoms with Crippen LogP contribution in [0, 0.1) is 13.8 Å². The molecule has 1 fully saturated rings. The molecular weight excluding hydrogens is 312 g/mol. The molecule has 6 nitrogen and oxygen atoms in total. The minimum absolute atomic E-state index is 0.0000124. The number of aromatic amines is 1. The van der Waals surface area contributed by atoms with Gasteiger partial charge in [-0.3, -0.25) is 9.59 Å². The Balaban J connectivity index is 1.60. The highest BCUT2D eigenvalue weighted by Gasteiger charge is 2.15. The normalized spacial score (nSPS) is 17.7. The highest BCUT2D eigenvalue weighted by molar-refractivity contribution is 7.18. The second-order valence-corrected chi connectivity index (χ2v) is 7.28. The predicted octanol–water partition coefficient (Wildman–Crippen LogP) is 1.40. The fourth-order valence-corrected chi connectivity index (χ4v) is 3.95. The van der Waals surface area contributed by atoms with Crippen molar-refractivity contribution in [1.82, 2.24) is 20.6 Å². The summed E-state index contributed by atoms with van der Waals surface area (Å²) in [4.78, 5) is 33.3. The summed E-state index contributed by atoms with van der Waals surface area (Å²) >= 11 is 1.53. The van der Waals surface area contributed by atoms with E-state index < -0.39 is 0 Å². The molecule has 0 aromatic carbocycles. The van der Waals surface area contributed by atoms with Crippen LogP contribution in [0.3, 0.4) is 0 Å². The van der Waals surface area contributed by atoms with Gasteiger partial charge in [0.15, 0.2) is 0 Å². The summed E-state index contributed by atoms with van der Waals surface area (Å²) in [5.41, 5.74) is 0.884. The molecule has 7 heteroatoms. The number of thiophene rings is 1. The quantitative estimate of drug-likeness (QED) is 0.771. The maximum atomic E-state index is 12.2. The van der Waals surface area contributed by atoms with Gasteiger partial charge in [0.25, 0.3) is 5.56 Å². The first-order valence-electron chi connectivity index (χ1n) is 8.03. The Hall–Kier alpha value is -1.73. The lowest BCUT2D eigenvalue weighted by Crippen LogP contribution is -2.37. The van der Waals surface area contributed by atoms with Crippen molar-refractivity contribution in [3.05, 3.63) is 26.6 Å². The smallest absolute Gasteiger partial charge is 0.259 e. The van der Waals surface area contributed by atoms with Gasteiger partial charge >= 0.3 is 0 Å². The summed E-state index contributed by atoms with van der Waals surface area (Å²) < 4.78 is 0. The van der Waals surface area contributed by atoms with Crippen molar-refractivity contribution < 1.29 is 4.79 Å². The molecule has 1 amide bonds. The van der Waals surface area contributed by atoms with Crippen molar-refractivity contribution in [3.8, 4) is 0 Å². The van der Waals surface area contributed by atoms with Crippen molar-refractivity contribution in [2.75, 3.05) is 13.1 Å². The molecule has 0 saturated carbocycles. The molecule has 1 aliphatic rings. The molecule has 3 N–H and O–H groups in total. The van der Waals surface area contributed by atoms with Crippen molar-refractivity contribution in [1.29, 1.82) is 0 Å². The molecule has 1 unspecified atom stereocenters. The third-order valence-corrected chi connectivity index (χ3v) is 5.49. The number of hydrogen-bond donors (Lipinski definition) is 3. The number of carbonyl (C=O) groups is 1. The first kappa shape index (κ1) is 16.1. The van der Waals surface area contributed by atoms with E-state index in [1.165, 1.54) is 17.8 Å². The third kappa shape index (κ3) is 3.61. The first-order valence-corrected chi connectivity index (χ1v) is 8.85. The summed E-state index contributed by atoms with van der Waals surface area (Å²) in [5.74, 6) is 0.581. The molecule has 1 aliphatic heterocycles. The van der Waals surface area contributed by atoms with Crippen LogP contribution in [0.5, 0.6) is 0 Å². The highest BCUT2D eigenvalue weighted by atomic mass is 32.1.